The number of aromatic nitrogens is 2. The first-order valence-electron chi connectivity index (χ1n) is 8.51. The van der Waals surface area contributed by atoms with Crippen molar-refractivity contribution in [3.8, 4) is 22.2 Å². The molecule has 2 N–H and O–H groups in total. The molecule has 1 amide bonds. The lowest BCUT2D eigenvalue weighted by Crippen LogP contribution is -2.16. The molecule has 0 aliphatic carbocycles. The summed E-state index contributed by atoms with van der Waals surface area (Å²) in [6, 6.07) is 15.4. The molecule has 1 aliphatic heterocycles. The fourth-order valence-electron chi connectivity index (χ4n) is 3.01. The average Bonchev–Trinajstić information content (AvgIpc) is 3.35. The van der Waals surface area contributed by atoms with E-state index in [1.165, 1.54) is 11.3 Å². The summed E-state index contributed by atoms with van der Waals surface area (Å²) in [7, 11) is 0. The number of thiazole rings is 1. The van der Waals surface area contributed by atoms with Crippen molar-refractivity contribution in [1.82, 2.24) is 9.97 Å². The van der Waals surface area contributed by atoms with E-state index in [9.17, 15) is 4.79 Å². The van der Waals surface area contributed by atoms with E-state index in [1.807, 2.05) is 30.3 Å². The van der Waals surface area contributed by atoms with Gasteiger partial charge in [-0.3, -0.25) is 4.79 Å². The standard InChI is InChI=1S/C20H15N3O3S/c24-19(21-13-5-6-17-18(10-13)26-8-7-25-17)16-11-27-20(23-16)15-9-12-3-1-2-4-14(12)22-15/h1-6,9-11,22H,7-8H2,(H,21,24). The molecule has 2 aromatic carbocycles. The van der Waals surface area contributed by atoms with Gasteiger partial charge in [-0.05, 0) is 24.3 Å². The number of aromatic amines is 1. The summed E-state index contributed by atoms with van der Waals surface area (Å²) in [6.45, 7) is 1.04. The molecule has 3 heterocycles. The number of carbonyl (C=O) groups is 1. The minimum absolute atomic E-state index is 0.259. The van der Waals surface area contributed by atoms with Gasteiger partial charge in [-0.1, -0.05) is 18.2 Å². The molecule has 1 aliphatic rings. The zero-order valence-electron chi connectivity index (χ0n) is 14.2. The van der Waals surface area contributed by atoms with Crippen molar-refractivity contribution >= 4 is 33.8 Å². The molecule has 0 saturated heterocycles. The van der Waals surface area contributed by atoms with Crippen LogP contribution in [0.4, 0.5) is 5.69 Å². The minimum atomic E-state index is -0.259. The largest absolute Gasteiger partial charge is 0.486 e. The number of hydrogen-bond acceptors (Lipinski definition) is 5. The number of nitrogens with one attached hydrogen (secondary N) is 2. The van der Waals surface area contributed by atoms with Gasteiger partial charge in [-0.2, -0.15) is 0 Å². The first kappa shape index (κ1) is 15.9. The Morgan fingerprint density at radius 3 is 2.81 bits per heavy atom. The summed E-state index contributed by atoms with van der Waals surface area (Å²) in [6.07, 6.45) is 0. The van der Waals surface area contributed by atoms with Crippen molar-refractivity contribution in [2.45, 2.75) is 0 Å². The molecular formula is C20H15N3O3S. The molecule has 4 aromatic rings. The third kappa shape index (κ3) is 3.02. The van der Waals surface area contributed by atoms with E-state index >= 15 is 0 Å². The van der Waals surface area contributed by atoms with E-state index in [2.05, 4.69) is 15.3 Å². The van der Waals surface area contributed by atoms with Crippen LogP contribution in [0.5, 0.6) is 11.5 Å². The summed E-state index contributed by atoms with van der Waals surface area (Å²) >= 11 is 1.43. The highest BCUT2D eigenvalue weighted by Gasteiger charge is 2.16. The Hall–Kier alpha value is -3.32. The minimum Gasteiger partial charge on any atom is -0.486 e. The SMILES string of the molecule is O=C(Nc1ccc2c(c1)OCCO2)c1csc(-c2cc3ccccc3[nH]2)n1. The molecule has 7 heteroatoms. The molecule has 0 atom stereocenters. The number of carbonyl (C=O) groups excluding carboxylic acids is 1. The van der Waals surface area contributed by atoms with E-state index < -0.39 is 0 Å². The molecule has 0 radical (unpaired) electrons. The third-order valence-electron chi connectivity index (χ3n) is 4.30. The van der Waals surface area contributed by atoms with Gasteiger partial charge >= 0.3 is 0 Å². The highest BCUT2D eigenvalue weighted by atomic mass is 32.1. The van der Waals surface area contributed by atoms with Gasteiger partial charge in [-0.25, -0.2) is 4.98 Å². The van der Waals surface area contributed by atoms with Crippen LogP contribution < -0.4 is 14.8 Å². The maximum absolute atomic E-state index is 12.5. The molecule has 0 bridgehead atoms. The number of benzene rings is 2. The van der Waals surface area contributed by atoms with Gasteiger partial charge in [0.05, 0.1) is 5.69 Å². The second kappa shape index (κ2) is 6.44. The Morgan fingerprint density at radius 1 is 1.07 bits per heavy atom. The molecule has 2 aromatic heterocycles. The fourth-order valence-corrected chi connectivity index (χ4v) is 3.78. The molecule has 0 saturated carbocycles. The quantitative estimate of drug-likeness (QED) is 0.558. The Kier molecular flexibility index (Phi) is 3.79. The van der Waals surface area contributed by atoms with Gasteiger partial charge in [0.15, 0.2) is 11.5 Å². The monoisotopic (exact) mass is 377 g/mol. The molecule has 6 nitrogen and oxygen atoms in total. The predicted octanol–water partition coefficient (Wildman–Crippen LogP) is 4.31. The Bertz CT molecular complexity index is 1120. The van der Waals surface area contributed by atoms with E-state index in [-0.39, 0.29) is 5.91 Å². The van der Waals surface area contributed by atoms with Crippen molar-refractivity contribution in [2.75, 3.05) is 18.5 Å². The number of amides is 1. The average molecular weight is 377 g/mol. The lowest BCUT2D eigenvalue weighted by atomic mass is 10.2. The van der Waals surface area contributed by atoms with Crippen LogP contribution in [0.25, 0.3) is 21.6 Å². The number of para-hydroxylation sites is 1. The number of anilines is 1. The number of H-pyrrole nitrogens is 1. The lowest BCUT2D eigenvalue weighted by molar-refractivity contribution is 0.102. The van der Waals surface area contributed by atoms with E-state index in [0.29, 0.717) is 36.1 Å². The Balaban J connectivity index is 1.37. The van der Waals surface area contributed by atoms with Crippen molar-refractivity contribution in [1.29, 1.82) is 0 Å². The topological polar surface area (TPSA) is 76.2 Å². The van der Waals surface area contributed by atoms with Crippen LogP contribution in [0.1, 0.15) is 10.5 Å². The number of rotatable bonds is 3. The number of ether oxygens (including phenoxy) is 2. The van der Waals surface area contributed by atoms with Crippen LogP contribution in [0, 0.1) is 0 Å². The van der Waals surface area contributed by atoms with Gasteiger partial charge in [0.25, 0.3) is 5.91 Å². The maximum atomic E-state index is 12.5. The Morgan fingerprint density at radius 2 is 1.93 bits per heavy atom. The van der Waals surface area contributed by atoms with Gasteiger partial charge < -0.3 is 19.8 Å². The van der Waals surface area contributed by atoms with Crippen LogP contribution in [-0.2, 0) is 0 Å². The fraction of sp³-hybridized carbons (Fsp3) is 0.100. The van der Waals surface area contributed by atoms with Crippen LogP contribution in [0.3, 0.4) is 0 Å². The lowest BCUT2D eigenvalue weighted by Gasteiger charge is -2.18. The first-order chi connectivity index (χ1) is 13.3. The first-order valence-corrected chi connectivity index (χ1v) is 9.39. The van der Waals surface area contributed by atoms with Gasteiger partial charge in [0.2, 0.25) is 0 Å². The normalized spacial score (nSPS) is 12.9. The Labute approximate surface area is 158 Å². The number of fused-ring (bicyclic) bond motifs is 2. The van der Waals surface area contributed by atoms with Crippen molar-refractivity contribution in [3.63, 3.8) is 0 Å². The number of hydrogen-bond donors (Lipinski definition) is 2. The summed E-state index contributed by atoms with van der Waals surface area (Å²) in [4.78, 5) is 20.4. The van der Waals surface area contributed by atoms with Crippen LogP contribution in [0.15, 0.2) is 53.9 Å². The molecule has 5 rings (SSSR count). The molecule has 0 spiro atoms. The van der Waals surface area contributed by atoms with E-state index in [0.717, 1.165) is 21.6 Å². The maximum Gasteiger partial charge on any atom is 0.275 e. The van der Waals surface area contributed by atoms with Crippen molar-refractivity contribution < 1.29 is 14.3 Å². The van der Waals surface area contributed by atoms with Gasteiger partial charge in [-0.15, -0.1) is 11.3 Å². The highest BCUT2D eigenvalue weighted by Crippen LogP contribution is 2.33. The van der Waals surface area contributed by atoms with Crippen molar-refractivity contribution in [2.24, 2.45) is 0 Å². The summed E-state index contributed by atoms with van der Waals surface area (Å²) in [5, 5.41) is 6.51. The second-order valence-corrected chi connectivity index (χ2v) is 6.98. The van der Waals surface area contributed by atoms with Gasteiger partial charge in [0.1, 0.15) is 23.9 Å². The molecule has 134 valence electrons. The van der Waals surface area contributed by atoms with Crippen LogP contribution in [-0.4, -0.2) is 29.1 Å². The van der Waals surface area contributed by atoms with E-state index in [1.54, 1.807) is 23.6 Å². The summed E-state index contributed by atoms with van der Waals surface area (Å²) in [5.74, 6) is 1.07. The van der Waals surface area contributed by atoms with Crippen molar-refractivity contribution in [3.05, 3.63) is 59.6 Å². The predicted molar refractivity (Wildman–Crippen MR) is 105 cm³/mol. The zero-order chi connectivity index (χ0) is 18.2. The number of nitrogens with zero attached hydrogens (tertiary/aromatic N) is 1. The smallest absolute Gasteiger partial charge is 0.275 e. The molecule has 0 unspecified atom stereocenters. The molecule has 0 fully saturated rings. The third-order valence-corrected chi connectivity index (χ3v) is 5.17. The van der Waals surface area contributed by atoms with Crippen LogP contribution in [0.2, 0.25) is 0 Å². The summed E-state index contributed by atoms with van der Waals surface area (Å²) in [5.41, 5.74) is 2.97. The summed E-state index contributed by atoms with van der Waals surface area (Å²) < 4.78 is 11.0. The molecule has 27 heavy (non-hydrogen) atoms. The van der Waals surface area contributed by atoms with E-state index in [4.69, 9.17) is 9.47 Å². The second-order valence-electron chi connectivity index (χ2n) is 6.12. The molecular weight excluding hydrogens is 362 g/mol. The van der Waals surface area contributed by atoms with Gasteiger partial charge in [0, 0.05) is 28.0 Å². The highest BCUT2D eigenvalue weighted by molar-refractivity contribution is 7.13. The van der Waals surface area contributed by atoms with Crippen LogP contribution >= 0.6 is 11.3 Å². The zero-order valence-corrected chi connectivity index (χ0v) is 15.0.